The van der Waals surface area contributed by atoms with E-state index in [1.54, 1.807) is 48.5 Å². The number of benzene rings is 2. The van der Waals surface area contributed by atoms with E-state index < -0.39 is 11.6 Å². The van der Waals surface area contributed by atoms with E-state index in [0.29, 0.717) is 40.7 Å². The summed E-state index contributed by atoms with van der Waals surface area (Å²) in [4.78, 5) is 41.7. The van der Waals surface area contributed by atoms with Crippen LogP contribution in [0.2, 0.25) is 5.02 Å². The van der Waals surface area contributed by atoms with Crippen molar-refractivity contribution < 1.29 is 14.4 Å². The average molecular weight is 397 g/mol. The lowest BCUT2D eigenvalue weighted by atomic mass is 9.93. The normalized spacial score (nSPS) is 19.5. The molecule has 0 atom stereocenters. The Bertz CT molecular complexity index is 912. The van der Waals surface area contributed by atoms with Crippen LogP contribution in [0.15, 0.2) is 48.5 Å². The molecule has 1 aliphatic heterocycles. The summed E-state index contributed by atoms with van der Waals surface area (Å²) in [5.74, 6) is -0.658. The molecule has 0 bridgehead atoms. The number of carbonyl (C=O) groups is 3. The van der Waals surface area contributed by atoms with Gasteiger partial charge in [-0.25, -0.2) is 0 Å². The van der Waals surface area contributed by atoms with Gasteiger partial charge in [-0.05, 0) is 43.0 Å². The van der Waals surface area contributed by atoms with Crippen molar-refractivity contribution in [1.29, 1.82) is 0 Å². The van der Waals surface area contributed by atoms with E-state index in [9.17, 15) is 14.4 Å². The maximum absolute atomic E-state index is 13.4. The molecule has 144 valence electrons. The molecule has 1 aliphatic carbocycles. The van der Waals surface area contributed by atoms with Gasteiger partial charge in [0.05, 0.1) is 0 Å². The van der Waals surface area contributed by atoms with Crippen molar-refractivity contribution in [3.63, 3.8) is 0 Å². The van der Waals surface area contributed by atoms with Crippen molar-refractivity contribution in [3.05, 3.63) is 70.2 Å². The molecule has 1 saturated heterocycles. The number of carbonyl (C=O) groups excluding carboxylic acids is 3. The Hall–Kier alpha value is -2.50. The van der Waals surface area contributed by atoms with Crippen molar-refractivity contribution in [1.82, 2.24) is 10.2 Å². The third kappa shape index (κ3) is 2.95. The largest absolute Gasteiger partial charge is 0.320 e. The smallest absolute Gasteiger partial charge is 0.253 e. The standard InChI is InChI=1S/C22H21ClN2O3/c1-14-10-12-25(13-11-14)22(24-21(28)15-6-8-16(23)9-7-15)19(26)17-4-2-3-5-18(17)20(22)27/h2-9,14H,10-13H2,1H3,(H,24,28). The number of hydrogen-bond donors (Lipinski definition) is 1. The fourth-order valence-electron chi connectivity index (χ4n) is 4.03. The van der Waals surface area contributed by atoms with Crippen LogP contribution in [0, 0.1) is 5.92 Å². The van der Waals surface area contributed by atoms with E-state index in [2.05, 4.69) is 12.2 Å². The molecule has 4 rings (SSSR count). The highest BCUT2D eigenvalue weighted by molar-refractivity contribution is 6.34. The first kappa shape index (κ1) is 18.8. The molecule has 28 heavy (non-hydrogen) atoms. The summed E-state index contributed by atoms with van der Waals surface area (Å²) in [6.45, 7) is 3.31. The van der Waals surface area contributed by atoms with Crippen LogP contribution in [0.25, 0.3) is 0 Å². The Morgan fingerprint density at radius 2 is 1.54 bits per heavy atom. The Morgan fingerprint density at radius 3 is 2.07 bits per heavy atom. The van der Waals surface area contributed by atoms with Gasteiger partial charge in [0.1, 0.15) is 0 Å². The van der Waals surface area contributed by atoms with Crippen LogP contribution in [0.3, 0.4) is 0 Å². The zero-order valence-electron chi connectivity index (χ0n) is 15.6. The molecule has 0 radical (unpaired) electrons. The van der Waals surface area contributed by atoms with Gasteiger partial charge in [-0.3, -0.25) is 19.3 Å². The molecule has 0 aromatic heterocycles. The predicted octanol–water partition coefficient (Wildman–Crippen LogP) is 3.58. The van der Waals surface area contributed by atoms with Gasteiger partial charge in [0, 0.05) is 34.8 Å². The highest BCUT2D eigenvalue weighted by Crippen LogP contribution is 2.35. The van der Waals surface area contributed by atoms with Gasteiger partial charge in [-0.2, -0.15) is 0 Å². The van der Waals surface area contributed by atoms with E-state index in [-0.39, 0.29) is 11.6 Å². The maximum Gasteiger partial charge on any atom is 0.253 e. The molecule has 2 aliphatic rings. The molecule has 1 N–H and O–H groups in total. The molecular weight excluding hydrogens is 376 g/mol. The molecule has 1 fully saturated rings. The summed E-state index contributed by atoms with van der Waals surface area (Å²) in [5.41, 5.74) is -0.601. The van der Waals surface area contributed by atoms with Crippen LogP contribution in [0.5, 0.6) is 0 Å². The molecule has 5 nitrogen and oxygen atoms in total. The minimum absolute atomic E-state index is 0.353. The van der Waals surface area contributed by atoms with Crippen molar-refractivity contribution >= 4 is 29.1 Å². The van der Waals surface area contributed by atoms with Crippen molar-refractivity contribution in [3.8, 4) is 0 Å². The van der Waals surface area contributed by atoms with Crippen molar-refractivity contribution in [2.24, 2.45) is 5.92 Å². The SMILES string of the molecule is CC1CCN(C2(NC(=O)c3ccc(Cl)cc3)C(=O)c3ccccc3C2=O)CC1. The Morgan fingerprint density at radius 1 is 1.00 bits per heavy atom. The molecule has 2 aromatic rings. The third-order valence-electron chi connectivity index (χ3n) is 5.73. The van der Waals surface area contributed by atoms with Crippen LogP contribution in [-0.2, 0) is 0 Å². The lowest BCUT2D eigenvalue weighted by Gasteiger charge is -2.42. The number of hydrogen-bond acceptors (Lipinski definition) is 4. The minimum Gasteiger partial charge on any atom is -0.320 e. The third-order valence-corrected chi connectivity index (χ3v) is 5.98. The lowest BCUT2D eigenvalue weighted by molar-refractivity contribution is 0.0260. The Kier molecular flexibility index (Phi) is 4.81. The molecule has 6 heteroatoms. The monoisotopic (exact) mass is 396 g/mol. The van der Waals surface area contributed by atoms with Gasteiger partial charge in [0.25, 0.3) is 5.91 Å². The summed E-state index contributed by atoms with van der Waals surface area (Å²) in [6.07, 6.45) is 1.74. The fourth-order valence-corrected chi connectivity index (χ4v) is 4.16. The van der Waals surface area contributed by atoms with E-state index in [1.807, 2.05) is 4.90 Å². The molecule has 1 heterocycles. The second-order valence-corrected chi connectivity index (χ2v) is 7.98. The van der Waals surface area contributed by atoms with Gasteiger partial charge in [0.2, 0.25) is 17.2 Å². The number of Topliss-reactive ketones (excluding diaryl/α,β-unsaturated/α-hetero) is 2. The van der Waals surface area contributed by atoms with Crippen LogP contribution in [0.1, 0.15) is 50.8 Å². The number of piperidine rings is 1. The number of fused-ring (bicyclic) bond motifs is 1. The summed E-state index contributed by atoms with van der Waals surface area (Å²) in [5, 5.41) is 3.31. The first-order valence-corrected chi connectivity index (χ1v) is 9.83. The number of nitrogens with zero attached hydrogens (tertiary/aromatic N) is 1. The molecule has 0 spiro atoms. The number of ketones is 2. The van der Waals surface area contributed by atoms with Crippen LogP contribution < -0.4 is 5.32 Å². The Labute approximate surface area is 168 Å². The molecular formula is C22H21ClN2O3. The average Bonchev–Trinajstić information content (AvgIpc) is 2.92. The number of amides is 1. The van der Waals surface area contributed by atoms with Gasteiger partial charge in [-0.1, -0.05) is 42.8 Å². The van der Waals surface area contributed by atoms with E-state index >= 15 is 0 Å². The van der Waals surface area contributed by atoms with E-state index in [0.717, 1.165) is 12.8 Å². The molecule has 1 amide bonds. The Balaban J connectivity index is 1.75. The second kappa shape index (κ2) is 7.15. The fraction of sp³-hybridized carbons (Fsp3) is 0.318. The highest BCUT2D eigenvalue weighted by atomic mass is 35.5. The van der Waals surface area contributed by atoms with Gasteiger partial charge < -0.3 is 5.32 Å². The lowest BCUT2D eigenvalue weighted by Crippen LogP contribution is -2.68. The number of halogens is 1. The maximum atomic E-state index is 13.4. The summed E-state index contributed by atoms with van der Waals surface area (Å²) >= 11 is 5.91. The van der Waals surface area contributed by atoms with E-state index in [1.165, 1.54) is 0 Å². The first-order chi connectivity index (χ1) is 13.4. The zero-order valence-corrected chi connectivity index (χ0v) is 16.3. The van der Waals surface area contributed by atoms with Crippen molar-refractivity contribution in [2.75, 3.05) is 13.1 Å². The molecule has 0 unspecified atom stereocenters. The molecule has 0 saturated carbocycles. The van der Waals surface area contributed by atoms with Crippen LogP contribution >= 0.6 is 11.6 Å². The van der Waals surface area contributed by atoms with Crippen LogP contribution in [-0.4, -0.2) is 41.1 Å². The summed E-state index contributed by atoms with van der Waals surface area (Å²) in [6, 6.07) is 13.2. The zero-order chi connectivity index (χ0) is 19.9. The molecule has 2 aromatic carbocycles. The summed E-state index contributed by atoms with van der Waals surface area (Å²) in [7, 11) is 0. The topological polar surface area (TPSA) is 66.5 Å². The number of likely N-dealkylation sites (tertiary alicyclic amines) is 1. The predicted molar refractivity (Wildman–Crippen MR) is 107 cm³/mol. The quantitative estimate of drug-likeness (QED) is 0.805. The van der Waals surface area contributed by atoms with Gasteiger partial charge in [-0.15, -0.1) is 0 Å². The second-order valence-electron chi connectivity index (χ2n) is 7.54. The summed E-state index contributed by atoms with van der Waals surface area (Å²) < 4.78 is 0. The highest BCUT2D eigenvalue weighted by Gasteiger charge is 2.58. The van der Waals surface area contributed by atoms with Gasteiger partial charge >= 0.3 is 0 Å². The first-order valence-electron chi connectivity index (χ1n) is 9.45. The number of nitrogens with one attached hydrogen (secondary N) is 1. The number of rotatable bonds is 3. The van der Waals surface area contributed by atoms with Crippen LogP contribution in [0.4, 0.5) is 0 Å². The van der Waals surface area contributed by atoms with Crippen molar-refractivity contribution in [2.45, 2.75) is 25.4 Å². The van der Waals surface area contributed by atoms with E-state index in [4.69, 9.17) is 11.6 Å². The minimum atomic E-state index is -1.68. The van der Waals surface area contributed by atoms with Gasteiger partial charge in [0.15, 0.2) is 0 Å².